The lowest BCUT2D eigenvalue weighted by Crippen LogP contribution is -2.35. The third-order valence-corrected chi connectivity index (χ3v) is 14.1. The molecule has 0 aromatic heterocycles. The lowest BCUT2D eigenvalue weighted by atomic mass is 9.83. The lowest BCUT2D eigenvalue weighted by Gasteiger charge is -2.27. The van der Waals surface area contributed by atoms with Crippen molar-refractivity contribution in [3.05, 3.63) is 138 Å². The van der Waals surface area contributed by atoms with Gasteiger partial charge in [-0.15, -0.1) is 0 Å². The number of urea groups is 6. The Morgan fingerprint density at radius 1 is 0.280 bits per heavy atom. The summed E-state index contributed by atoms with van der Waals surface area (Å²) in [6, 6.07) is 13.1. The molecule has 0 aliphatic carbocycles. The molecule has 0 saturated carbocycles. The molecule has 0 spiro atoms. The fourth-order valence-corrected chi connectivity index (χ4v) is 10.6. The van der Waals surface area contributed by atoms with Crippen molar-refractivity contribution in [1.82, 2.24) is 31.9 Å². The van der Waals surface area contributed by atoms with Crippen molar-refractivity contribution >= 4 is 70.3 Å². The van der Waals surface area contributed by atoms with E-state index in [1.54, 1.807) is 36.4 Å². The average Bonchev–Trinajstić information content (AvgIpc) is 3.38. The molecule has 18 nitrogen and oxygen atoms in total. The highest BCUT2D eigenvalue weighted by molar-refractivity contribution is 6.01. The first-order chi connectivity index (χ1) is 36.1. The zero-order valence-electron chi connectivity index (χ0n) is 44.6. The summed E-state index contributed by atoms with van der Waals surface area (Å²) >= 11 is 0. The largest absolute Gasteiger partial charge is 0.334 e. The number of fused-ring (bicyclic) bond motifs is 18. The minimum absolute atomic E-state index is 0.0940. The summed E-state index contributed by atoms with van der Waals surface area (Å²) in [5.41, 5.74) is 15.5. The van der Waals surface area contributed by atoms with Gasteiger partial charge in [0.05, 0.1) is 34.1 Å². The van der Waals surface area contributed by atoms with Crippen LogP contribution in [0.4, 0.5) is 62.9 Å². The number of hydrogen-bond acceptors (Lipinski definition) is 6. The van der Waals surface area contributed by atoms with Gasteiger partial charge in [-0.1, -0.05) is 59.7 Å². The van der Waals surface area contributed by atoms with Crippen molar-refractivity contribution in [3.8, 4) is 0 Å². The van der Waals surface area contributed by atoms with E-state index >= 15 is 0 Å². The predicted molar refractivity (Wildman–Crippen MR) is 298 cm³/mol. The Morgan fingerprint density at radius 3 is 0.627 bits per heavy atom. The van der Waals surface area contributed by atoms with Crippen LogP contribution >= 0.6 is 0 Å². The van der Waals surface area contributed by atoms with Gasteiger partial charge in [-0.2, -0.15) is 0 Å². The van der Waals surface area contributed by atoms with E-state index in [0.29, 0.717) is 72.6 Å². The quantitative estimate of drug-likeness (QED) is 0.0788. The Kier molecular flexibility index (Phi) is 17.9. The van der Waals surface area contributed by atoms with Crippen molar-refractivity contribution in [1.29, 1.82) is 0 Å². The maximum atomic E-state index is 14.1. The molecular weight excluding hydrogens is 949 g/mol. The van der Waals surface area contributed by atoms with Crippen molar-refractivity contribution in [2.24, 2.45) is 0 Å². The number of rotatable bonds is 6. The number of anilines is 6. The molecule has 12 N–H and O–H groups in total. The highest BCUT2D eigenvalue weighted by Gasteiger charge is 2.26. The molecule has 6 bridgehead atoms. The van der Waals surface area contributed by atoms with E-state index in [1.807, 2.05) is 80.5 Å². The van der Waals surface area contributed by atoms with Crippen LogP contribution in [0.2, 0.25) is 0 Å². The highest BCUT2D eigenvalue weighted by atomic mass is 16.2. The summed E-state index contributed by atoms with van der Waals surface area (Å²) in [4.78, 5) is 84.4. The summed E-state index contributed by atoms with van der Waals surface area (Å²) in [5, 5.41) is 36.3. The molecule has 75 heavy (non-hydrogen) atoms. The van der Waals surface area contributed by atoms with E-state index in [0.717, 1.165) is 83.5 Å². The van der Waals surface area contributed by atoms with E-state index in [-0.39, 0.29) is 39.3 Å². The summed E-state index contributed by atoms with van der Waals surface area (Å²) in [6.07, 6.45) is 3.30. The molecule has 0 atom stereocenters. The van der Waals surface area contributed by atoms with Crippen molar-refractivity contribution in [2.75, 3.05) is 31.9 Å². The molecule has 0 unspecified atom stereocenters. The van der Waals surface area contributed by atoms with Crippen LogP contribution < -0.4 is 63.8 Å². The molecular formula is C57H72N12O6. The van der Waals surface area contributed by atoms with Gasteiger partial charge in [-0.3, -0.25) is 0 Å². The van der Waals surface area contributed by atoms with Gasteiger partial charge in [0, 0.05) is 39.3 Å². The fraction of sp³-hybridized carbons (Fsp3) is 0.368. The van der Waals surface area contributed by atoms with Gasteiger partial charge in [0.1, 0.15) is 0 Å². The van der Waals surface area contributed by atoms with Gasteiger partial charge in [-0.25, -0.2) is 28.8 Å². The van der Waals surface area contributed by atoms with Gasteiger partial charge < -0.3 is 63.8 Å². The van der Waals surface area contributed by atoms with E-state index in [2.05, 4.69) is 63.8 Å². The zero-order valence-corrected chi connectivity index (χ0v) is 44.6. The standard InChI is InChI=1S/C57H72N12O6/c1-10-34-40-25-58-52(70)64-46-19-16-31(7)22-49(46)67-55(73)61-28-43-37(13-4)44-29-62-56(74)68-50-23-32(8)17-20-47(50)65-53(71)59-26-41(34)36(12-3)42(35(40)11-2)27-60-54(72)66-48-21-18-33(9)24-51(48)69-57(75)63-30-45(38(43)14-5)39(44)15-6/h16-24H,10-15,25-30H2,1-9H3,(H2,58,64,70)(H2,59,65,71)(H2,60,66,72)(H2,61,67,73)(H2,62,68,74)(H2,63,69,75). The van der Waals surface area contributed by atoms with E-state index < -0.39 is 36.2 Å². The Bertz CT molecular complexity index is 2680. The first kappa shape index (κ1) is 54.5. The Balaban J connectivity index is 1.44. The lowest BCUT2D eigenvalue weighted by molar-refractivity contribution is 0.250. The minimum atomic E-state index is -0.507. The molecule has 5 aromatic carbocycles. The number of benzene rings is 5. The molecule has 12 amide bonds. The van der Waals surface area contributed by atoms with E-state index in [1.165, 1.54) is 0 Å². The van der Waals surface area contributed by atoms with Crippen LogP contribution in [-0.4, -0.2) is 36.2 Å². The molecule has 8 rings (SSSR count). The molecule has 3 heterocycles. The van der Waals surface area contributed by atoms with Gasteiger partial charge in [0.2, 0.25) is 0 Å². The minimum Gasteiger partial charge on any atom is -0.334 e. The number of aryl methyl sites for hydroxylation is 3. The maximum absolute atomic E-state index is 14.1. The Labute approximate surface area is 439 Å². The summed E-state index contributed by atoms with van der Waals surface area (Å²) < 4.78 is 0. The Morgan fingerprint density at radius 2 is 0.453 bits per heavy atom. The molecule has 3 aliphatic rings. The Hall–Kier alpha value is -8.28. The zero-order chi connectivity index (χ0) is 53.9. The number of carbonyl (C=O) groups excluding carboxylic acids is 6. The van der Waals surface area contributed by atoms with Crippen LogP contribution in [0, 0.1) is 20.8 Å². The monoisotopic (exact) mass is 1020 g/mol. The smallest absolute Gasteiger partial charge is 0.319 e. The number of hydrogen-bond donors (Lipinski definition) is 12. The molecule has 3 aliphatic heterocycles. The van der Waals surface area contributed by atoms with Gasteiger partial charge >= 0.3 is 36.2 Å². The fourth-order valence-electron chi connectivity index (χ4n) is 10.6. The number of nitrogens with one attached hydrogen (secondary N) is 12. The van der Waals surface area contributed by atoms with Crippen LogP contribution in [-0.2, 0) is 77.8 Å². The molecule has 396 valence electrons. The topological polar surface area (TPSA) is 247 Å². The number of carbonyl (C=O) groups is 6. The SMILES string of the molecule is CCc1c2c(CC)c3c(CC)c1CNC(=O)Nc1ccc(C)cc1NC(=O)NCc1c(CC)c(c(CC)c(c1CC)CNC(=O)Nc1cc(C)ccc1NC(=O)NC3)CNC(=O)Nc1cc(C)ccc1NC(=O)NC2. The third-order valence-electron chi connectivity index (χ3n) is 14.1. The average molecular weight is 1020 g/mol. The first-order valence-corrected chi connectivity index (χ1v) is 26.0. The summed E-state index contributed by atoms with van der Waals surface area (Å²) in [5.74, 6) is 0. The molecule has 0 fully saturated rings. The van der Waals surface area contributed by atoms with Crippen LogP contribution in [0.15, 0.2) is 54.6 Å². The van der Waals surface area contributed by atoms with E-state index in [9.17, 15) is 28.8 Å². The van der Waals surface area contributed by atoms with Crippen molar-refractivity contribution in [2.45, 2.75) is 140 Å². The highest BCUT2D eigenvalue weighted by Crippen LogP contribution is 2.34. The van der Waals surface area contributed by atoms with Crippen LogP contribution in [0.5, 0.6) is 0 Å². The van der Waals surface area contributed by atoms with Crippen LogP contribution in [0.25, 0.3) is 0 Å². The normalized spacial score (nSPS) is 14.8. The first-order valence-electron chi connectivity index (χ1n) is 26.0. The molecule has 18 heteroatoms. The van der Waals surface area contributed by atoms with Crippen molar-refractivity contribution < 1.29 is 28.8 Å². The molecule has 5 aromatic rings. The third kappa shape index (κ3) is 12.7. The summed E-state index contributed by atoms with van der Waals surface area (Å²) in [7, 11) is 0. The molecule has 0 radical (unpaired) electrons. The second-order valence-electron chi connectivity index (χ2n) is 18.9. The van der Waals surface area contributed by atoms with Crippen LogP contribution in [0.3, 0.4) is 0 Å². The van der Waals surface area contributed by atoms with Crippen molar-refractivity contribution in [3.63, 3.8) is 0 Å². The van der Waals surface area contributed by atoms with Crippen LogP contribution in [0.1, 0.15) is 125 Å². The van der Waals surface area contributed by atoms with Gasteiger partial charge in [0.25, 0.3) is 0 Å². The molecule has 0 saturated heterocycles. The summed E-state index contributed by atoms with van der Waals surface area (Å²) in [6.45, 7) is 18.4. The number of amides is 12. The maximum Gasteiger partial charge on any atom is 0.319 e. The predicted octanol–water partition coefficient (Wildman–Crippen LogP) is 10.5. The van der Waals surface area contributed by atoms with Gasteiger partial charge in [0.15, 0.2) is 0 Å². The van der Waals surface area contributed by atoms with E-state index in [4.69, 9.17) is 0 Å². The second kappa shape index (κ2) is 24.6. The second-order valence-corrected chi connectivity index (χ2v) is 18.9. The van der Waals surface area contributed by atoms with Gasteiger partial charge in [-0.05, 0) is 179 Å².